The Morgan fingerprint density at radius 1 is 1.21 bits per heavy atom. The fourth-order valence-electron chi connectivity index (χ4n) is 2.93. The van der Waals surface area contributed by atoms with Gasteiger partial charge in [-0.1, -0.05) is 23.7 Å². The topological polar surface area (TPSA) is 82.0 Å². The van der Waals surface area contributed by atoms with Crippen LogP contribution in [0.4, 0.5) is 15.5 Å². The van der Waals surface area contributed by atoms with E-state index >= 15 is 0 Å². The zero-order valence-electron chi connectivity index (χ0n) is 13.2. The van der Waals surface area contributed by atoms with Crippen LogP contribution in [0.2, 0.25) is 5.02 Å². The molecule has 125 valence electrons. The average Bonchev–Trinajstić information content (AvgIpc) is 2.89. The van der Waals surface area contributed by atoms with Gasteiger partial charge in [-0.05, 0) is 49.8 Å². The first-order valence-corrected chi connectivity index (χ1v) is 8.90. The van der Waals surface area contributed by atoms with Crippen molar-refractivity contribution in [2.45, 2.75) is 32.6 Å². The first kappa shape index (κ1) is 16.8. The van der Waals surface area contributed by atoms with Crippen molar-refractivity contribution in [2.75, 3.05) is 10.6 Å². The smallest absolute Gasteiger partial charge is 0.306 e. The summed E-state index contributed by atoms with van der Waals surface area (Å²) in [4.78, 5) is 25.2. The van der Waals surface area contributed by atoms with Gasteiger partial charge in [0.1, 0.15) is 5.00 Å². The zero-order valence-corrected chi connectivity index (χ0v) is 14.7. The highest BCUT2D eigenvalue weighted by molar-refractivity contribution is 7.17. The highest BCUT2D eigenvalue weighted by Gasteiger charge is 2.25. The summed E-state index contributed by atoms with van der Waals surface area (Å²) >= 11 is 7.51. The van der Waals surface area contributed by atoms with Crippen molar-refractivity contribution in [1.29, 1.82) is 0 Å². The standard InChI is InChI=1S/C17H17ClN3O2S/c1-9-5-4-7-11(18)14(9)20-17(23)21-16-13(15(19)22)10-6-2-3-8-12(10)24-16/h4-5,7,19H,2-3,6,8H2,1H3,(H2,20,21,23). The third-order valence-corrected chi connectivity index (χ3v) is 5.61. The number of benzene rings is 1. The Morgan fingerprint density at radius 2 is 1.96 bits per heavy atom. The average molecular weight is 363 g/mol. The predicted molar refractivity (Wildman–Crippen MR) is 97.2 cm³/mol. The quantitative estimate of drug-likeness (QED) is 0.832. The monoisotopic (exact) mass is 362 g/mol. The molecule has 3 amide bonds. The number of anilines is 2. The van der Waals surface area contributed by atoms with Gasteiger partial charge in [-0.3, -0.25) is 15.8 Å². The number of carbonyl (C=O) groups excluding carboxylic acids is 2. The Hall–Kier alpha value is -2.05. The maximum Gasteiger partial charge on any atom is 0.324 e. The lowest BCUT2D eigenvalue weighted by molar-refractivity contribution is 0.0992. The van der Waals surface area contributed by atoms with E-state index in [1.165, 1.54) is 11.3 Å². The Bertz CT molecular complexity index is 796. The van der Waals surface area contributed by atoms with Gasteiger partial charge < -0.3 is 5.32 Å². The summed E-state index contributed by atoms with van der Waals surface area (Å²) in [7, 11) is 0. The number of aryl methyl sites for hydroxylation is 2. The third kappa shape index (κ3) is 3.25. The second-order valence-electron chi connectivity index (χ2n) is 5.76. The van der Waals surface area contributed by atoms with E-state index in [2.05, 4.69) is 10.6 Å². The molecule has 1 aromatic carbocycles. The SMILES string of the molecule is Cc1cccc(Cl)c1NC(=O)Nc1sc2c(c1C([NH])=O)CCCC2. The summed E-state index contributed by atoms with van der Waals surface area (Å²) in [5, 5.41) is 6.35. The number of fused-ring (bicyclic) bond motifs is 1. The number of amides is 3. The number of thiophene rings is 1. The third-order valence-electron chi connectivity index (χ3n) is 4.09. The van der Waals surface area contributed by atoms with Crippen molar-refractivity contribution in [3.8, 4) is 0 Å². The molecule has 1 aromatic heterocycles. The summed E-state index contributed by atoms with van der Waals surface area (Å²) < 4.78 is 0. The minimum absolute atomic E-state index is 0.334. The van der Waals surface area contributed by atoms with Crippen LogP contribution in [-0.2, 0) is 12.8 Å². The Morgan fingerprint density at radius 3 is 2.67 bits per heavy atom. The molecule has 0 spiro atoms. The summed E-state index contributed by atoms with van der Waals surface area (Å²) in [6.07, 6.45) is 3.77. The van der Waals surface area contributed by atoms with Crippen molar-refractivity contribution in [2.24, 2.45) is 0 Å². The minimum Gasteiger partial charge on any atom is -0.306 e. The summed E-state index contributed by atoms with van der Waals surface area (Å²) in [5.41, 5.74) is 10.2. The molecular formula is C17H17ClN3O2S. The van der Waals surface area contributed by atoms with Crippen LogP contribution < -0.4 is 16.4 Å². The van der Waals surface area contributed by atoms with Crippen molar-refractivity contribution in [3.63, 3.8) is 0 Å². The van der Waals surface area contributed by atoms with E-state index in [4.69, 9.17) is 17.3 Å². The van der Waals surface area contributed by atoms with E-state index in [-0.39, 0.29) is 0 Å². The van der Waals surface area contributed by atoms with Gasteiger partial charge >= 0.3 is 6.03 Å². The highest BCUT2D eigenvalue weighted by atomic mass is 35.5. The molecule has 1 aliphatic carbocycles. The molecule has 1 radical (unpaired) electrons. The van der Waals surface area contributed by atoms with Crippen molar-refractivity contribution in [3.05, 3.63) is 44.8 Å². The highest BCUT2D eigenvalue weighted by Crippen LogP contribution is 2.38. The molecule has 0 aliphatic heterocycles. The fourth-order valence-corrected chi connectivity index (χ4v) is 4.48. The Balaban J connectivity index is 1.84. The molecule has 5 nitrogen and oxygen atoms in total. The lowest BCUT2D eigenvalue weighted by Gasteiger charge is -2.12. The molecule has 24 heavy (non-hydrogen) atoms. The Kier molecular flexibility index (Phi) is 4.78. The first-order chi connectivity index (χ1) is 11.5. The van der Waals surface area contributed by atoms with E-state index < -0.39 is 11.9 Å². The van der Waals surface area contributed by atoms with Crippen LogP contribution in [0.15, 0.2) is 18.2 Å². The van der Waals surface area contributed by atoms with E-state index in [1.807, 2.05) is 19.1 Å². The zero-order chi connectivity index (χ0) is 17.3. The molecule has 0 saturated carbocycles. The normalized spacial score (nSPS) is 13.2. The van der Waals surface area contributed by atoms with Crippen molar-refractivity contribution >= 4 is 45.6 Å². The summed E-state index contributed by atoms with van der Waals surface area (Å²) in [6, 6.07) is 4.90. The molecule has 1 heterocycles. The maximum atomic E-state index is 12.3. The van der Waals surface area contributed by atoms with Crippen LogP contribution in [-0.4, -0.2) is 11.9 Å². The largest absolute Gasteiger partial charge is 0.324 e. The maximum absolute atomic E-state index is 12.3. The minimum atomic E-state index is -0.751. The van der Waals surface area contributed by atoms with E-state index in [9.17, 15) is 9.59 Å². The molecule has 1 aliphatic rings. The molecule has 3 rings (SSSR count). The van der Waals surface area contributed by atoms with Gasteiger partial charge in [-0.25, -0.2) is 4.79 Å². The first-order valence-electron chi connectivity index (χ1n) is 7.71. The van der Waals surface area contributed by atoms with Gasteiger partial charge in [0.2, 0.25) is 0 Å². The number of urea groups is 1. The molecule has 0 unspecified atom stereocenters. The number of halogens is 1. The molecule has 0 fully saturated rings. The van der Waals surface area contributed by atoms with Gasteiger partial charge in [0.15, 0.2) is 0 Å². The summed E-state index contributed by atoms with van der Waals surface area (Å²) in [6.45, 7) is 1.85. The molecule has 0 atom stereocenters. The summed E-state index contributed by atoms with van der Waals surface area (Å²) in [5.74, 6) is -0.751. The molecule has 0 saturated heterocycles. The van der Waals surface area contributed by atoms with Gasteiger partial charge in [-0.15, -0.1) is 11.3 Å². The van der Waals surface area contributed by atoms with E-state index in [0.29, 0.717) is 21.3 Å². The van der Waals surface area contributed by atoms with Crippen LogP contribution in [0.5, 0.6) is 0 Å². The number of para-hydroxylation sites is 1. The Labute approximate surface area is 149 Å². The molecule has 2 aromatic rings. The van der Waals surface area contributed by atoms with E-state index in [1.54, 1.807) is 6.07 Å². The molecule has 7 heteroatoms. The van der Waals surface area contributed by atoms with Crippen LogP contribution in [0.1, 0.15) is 39.2 Å². The van der Waals surface area contributed by atoms with Gasteiger partial charge in [0.25, 0.3) is 5.91 Å². The van der Waals surface area contributed by atoms with Crippen molar-refractivity contribution < 1.29 is 9.59 Å². The lowest BCUT2D eigenvalue weighted by atomic mass is 9.95. The van der Waals surface area contributed by atoms with Crippen molar-refractivity contribution in [1.82, 2.24) is 5.73 Å². The molecular weight excluding hydrogens is 346 g/mol. The molecule has 3 N–H and O–H groups in total. The fraction of sp³-hybridized carbons (Fsp3) is 0.294. The predicted octanol–water partition coefficient (Wildman–Crippen LogP) is 4.66. The van der Waals surface area contributed by atoms with Crippen LogP contribution in [0.3, 0.4) is 0 Å². The second-order valence-corrected chi connectivity index (χ2v) is 7.27. The van der Waals surface area contributed by atoms with Crippen LogP contribution in [0, 0.1) is 6.92 Å². The van der Waals surface area contributed by atoms with Gasteiger partial charge in [0, 0.05) is 4.88 Å². The number of rotatable bonds is 3. The van der Waals surface area contributed by atoms with Crippen LogP contribution >= 0.6 is 22.9 Å². The van der Waals surface area contributed by atoms with Gasteiger partial charge in [0.05, 0.1) is 16.3 Å². The number of nitrogens with one attached hydrogen (secondary N) is 3. The number of carbonyl (C=O) groups is 2. The van der Waals surface area contributed by atoms with Crippen LogP contribution in [0.25, 0.3) is 0 Å². The number of hydrogen-bond acceptors (Lipinski definition) is 3. The second kappa shape index (κ2) is 6.83. The molecule has 0 bridgehead atoms. The van der Waals surface area contributed by atoms with E-state index in [0.717, 1.165) is 41.7 Å². The lowest BCUT2D eigenvalue weighted by Crippen LogP contribution is -2.21. The number of hydrogen-bond donors (Lipinski definition) is 2. The van der Waals surface area contributed by atoms with Gasteiger partial charge in [-0.2, -0.15) is 0 Å².